The van der Waals surface area contributed by atoms with Gasteiger partial charge in [-0.2, -0.15) is 0 Å². The lowest BCUT2D eigenvalue weighted by Crippen LogP contribution is -2.43. The van der Waals surface area contributed by atoms with Gasteiger partial charge in [0.1, 0.15) is 6.04 Å². The lowest BCUT2D eigenvalue weighted by Gasteiger charge is -2.32. The van der Waals surface area contributed by atoms with E-state index < -0.39 is 5.97 Å². The second kappa shape index (κ2) is 5.29. The van der Waals surface area contributed by atoms with E-state index in [1.807, 2.05) is 11.4 Å². The van der Waals surface area contributed by atoms with Gasteiger partial charge in [0.05, 0.1) is 0 Å². The molecule has 0 radical (unpaired) electrons. The number of hydrogen-bond donors (Lipinski definition) is 1. The zero-order valence-corrected chi connectivity index (χ0v) is 11.3. The number of rotatable bonds is 3. The number of carbonyl (C=O) groups is 1. The van der Waals surface area contributed by atoms with Crippen molar-refractivity contribution in [3.05, 3.63) is 20.8 Å². The number of aliphatic carboxylic acids is 1. The summed E-state index contributed by atoms with van der Waals surface area (Å²) >= 11 is 5.16. The van der Waals surface area contributed by atoms with Gasteiger partial charge >= 0.3 is 5.97 Å². The van der Waals surface area contributed by atoms with Crippen LogP contribution in [0.3, 0.4) is 0 Å². The van der Waals surface area contributed by atoms with Crippen LogP contribution in [0.4, 0.5) is 0 Å². The Morgan fingerprint density at radius 1 is 1.62 bits per heavy atom. The van der Waals surface area contributed by atoms with E-state index >= 15 is 0 Å². The maximum Gasteiger partial charge on any atom is 0.320 e. The molecule has 0 saturated carbocycles. The molecule has 1 atom stereocenters. The van der Waals surface area contributed by atoms with Gasteiger partial charge in [0, 0.05) is 15.9 Å². The Morgan fingerprint density at radius 3 is 3.06 bits per heavy atom. The predicted octanol–water partition coefficient (Wildman–Crippen LogP) is 2.95. The van der Waals surface area contributed by atoms with Gasteiger partial charge in [-0.15, -0.1) is 11.3 Å². The standard InChI is InChI=1S/C11H14BrNO2S/c12-8-4-6-16-10(8)7-13-5-2-1-3-9(13)11(14)15/h4,6,9H,1-3,5,7H2,(H,14,15)/t9-/m0/s1. The highest BCUT2D eigenvalue weighted by Gasteiger charge is 2.28. The normalized spacial score (nSPS) is 22.2. The lowest BCUT2D eigenvalue weighted by atomic mass is 10.0. The van der Waals surface area contributed by atoms with Gasteiger partial charge < -0.3 is 5.11 Å². The van der Waals surface area contributed by atoms with Crippen molar-refractivity contribution in [2.75, 3.05) is 6.54 Å². The summed E-state index contributed by atoms with van der Waals surface area (Å²) in [6, 6.07) is 1.71. The molecule has 2 rings (SSSR count). The van der Waals surface area contributed by atoms with Crippen molar-refractivity contribution in [3.63, 3.8) is 0 Å². The molecule has 0 amide bonds. The predicted molar refractivity (Wildman–Crippen MR) is 67.7 cm³/mol. The first kappa shape index (κ1) is 12.1. The molecule has 0 bridgehead atoms. The van der Waals surface area contributed by atoms with Crippen LogP contribution in [0.25, 0.3) is 0 Å². The average molecular weight is 304 g/mol. The maximum absolute atomic E-state index is 11.1. The van der Waals surface area contributed by atoms with Gasteiger partial charge in [0.25, 0.3) is 0 Å². The molecule has 16 heavy (non-hydrogen) atoms. The van der Waals surface area contributed by atoms with Gasteiger partial charge in [0.2, 0.25) is 0 Å². The Kier molecular flexibility index (Phi) is 4.00. The van der Waals surface area contributed by atoms with Crippen LogP contribution in [0.5, 0.6) is 0 Å². The smallest absolute Gasteiger partial charge is 0.320 e. The Labute approximate surface area is 107 Å². The van der Waals surface area contributed by atoms with Crippen molar-refractivity contribution in [2.24, 2.45) is 0 Å². The zero-order chi connectivity index (χ0) is 11.5. The number of carboxylic acids is 1. The molecule has 1 aromatic heterocycles. The molecule has 1 N–H and O–H groups in total. The molecule has 88 valence electrons. The van der Waals surface area contributed by atoms with E-state index in [9.17, 15) is 4.79 Å². The summed E-state index contributed by atoms with van der Waals surface area (Å²) in [5, 5.41) is 11.2. The minimum absolute atomic E-state index is 0.303. The van der Waals surface area contributed by atoms with Crippen molar-refractivity contribution in [1.29, 1.82) is 0 Å². The quantitative estimate of drug-likeness (QED) is 0.933. The highest BCUT2D eigenvalue weighted by molar-refractivity contribution is 9.10. The summed E-state index contributed by atoms with van der Waals surface area (Å²) in [6.45, 7) is 1.64. The average Bonchev–Trinajstić information content (AvgIpc) is 2.65. The van der Waals surface area contributed by atoms with Crippen LogP contribution in [-0.4, -0.2) is 28.6 Å². The monoisotopic (exact) mass is 303 g/mol. The summed E-state index contributed by atoms with van der Waals surface area (Å²) in [5.41, 5.74) is 0. The molecule has 0 unspecified atom stereocenters. The Bertz CT molecular complexity index is 380. The van der Waals surface area contributed by atoms with Crippen LogP contribution < -0.4 is 0 Å². The topological polar surface area (TPSA) is 40.5 Å². The molecule has 0 aliphatic carbocycles. The molecule has 1 fully saturated rings. The number of carboxylic acid groups (broad SMARTS) is 1. The van der Waals surface area contributed by atoms with Crippen molar-refractivity contribution in [2.45, 2.75) is 31.8 Å². The number of thiophene rings is 1. The van der Waals surface area contributed by atoms with Gasteiger partial charge in [-0.1, -0.05) is 6.42 Å². The molecular weight excluding hydrogens is 290 g/mol. The minimum atomic E-state index is -0.688. The fraction of sp³-hybridized carbons (Fsp3) is 0.545. The first-order chi connectivity index (χ1) is 7.68. The lowest BCUT2D eigenvalue weighted by molar-refractivity contribution is -0.144. The van der Waals surface area contributed by atoms with E-state index in [2.05, 4.69) is 20.8 Å². The van der Waals surface area contributed by atoms with Crippen LogP contribution in [0, 0.1) is 0 Å². The molecular formula is C11H14BrNO2S. The van der Waals surface area contributed by atoms with E-state index in [0.29, 0.717) is 0 Å². The van der Waals surface area contributed by atoms with Crippen molar-refractivity contribution in [1.82, 2.24) is 4.90 Å². The molecule has 1 aliphatic rings. The number of hydrogen-bond acceptors (Lipinski definition) is 3. The molecule has 3 nitrogen and oxygen atoms in total. The number of likely N-dealkylation sites (tertiary alicyclic amines) is 1. The molecule has 1 saturated heterocycles. The van der Waals surface area contributed by atoms with Crippen LogP contribution in [0.15, 0.2) is 15.9 Å². The van der Waals surface area contributed by atoms with Gasteiger partial charge in [-0.05, 0) is 46.8 Å². The molecule has 0 aromatic carbocycles. The van der Waals surface area contributed by atoms with Crippen LogP contribution in [-0.2, 0) is 11.3 Å². The zero-order valence-electron chi connectivity index (χ0n) is 8.86. The highest BCUT2D eigenvalue weighted by atomic mass is 79.9. The number of piperidine rings is 1. The first-order valence-corrected chi connectivity index (χ1v) is 7.04. The van der Waals surface area contributed by atoms with Gasteiger partial charge in [0.15, 0.2) is 0 Å². The van der Waals surface area contributed by atoms with Gasteiger partial charge in [-0.25, -0.2) is 0 Å². The van der Waals surface area contributed by atoms with E-state index in [4.69, 9.17) is 5.11 Å². The molecule has 1 aliphatic heterocycles. The van der Waals surface area contributed by atoms with E-state index in [0.717, 1.165) is 36.8 Å². The summed E-state index contributed by atoms with van der Waals surface area (Å²) < 4.78 is 1.09. The van der Waals surface area contributed by atoms with E-state index in [1.165, 1.54) is 4.88 Å². The van der Waals surface area contributed by atoms with E-state index in [-0.39, 0.29) is 6.04 Å². The van der Waals surface area contributed by atoms with Crippen molar-refractivity contribution < 1.29 is 9.90 Å². The Balaban J connectivity index is 2.07. The maximum atomic E-state index is 11.1. The second-order valence-electron chi connectivity index (χ2n) is 4.01. The highest BCUT2D eigenvalue weighted by Crippen LogP contribution is 2.27. The minimum Gasteiger partial charge on any atom is -0.480 e. The summed E-state index contributed by atoms with van der Waals surface area (Å²) in [6.07, 6.45) is 2.91. The summed E-state index contributed by atoms with van der Waals surface area (Å²) in [4.78, 5) is 14.4. The third kappa shape index (κ3) is 2.64. The summed E-state index contributed by atoms with van der Waals surface area (Å²) in [7, 11) is 0. The van der Waals surface area contributed by atoms with Crippen molar-refractivity contribution >= 4 is 33.2 Å². The van der Waals surface area contributed by atoms with Crippen LogP contribution in [0.2, 0.25) is 0 Å². The van der Waals surface area contributed by atoms with Gasteiger partial charge in [-0.3, -0.25) is 9.69 Å². The Morgan fingerprint density at radius 2 is 2.44 bits per heavy atom. The van der Waals surface area contributed by atoms with E-state index in [1.54, 1.807) is 11.3 Å². The fourth-order valence-corrected chi connectivity index (χ4v) is 3.58. The molecule has 2 heterocycles. The van der Waals surface area contributed by atoms with Crippen molar-refractivity contribution in [3.8, 4) is 0 Å². The second-order valence-corrected chi connectivity index (χ2v) is 5.87. The largest absolute Gasteiger partial charge is 0.480 e. The molecule has 0 spiro atoms. The fourth-order valence-electron chi connectivity index (χ4n) is 2.08. The SMILES string of the molecule is O=C(O)[C@@H]1CCCCN1Cc1sccc1Br. The number of nitrogens with zero attached hydrogens (tertiary/aromatic N) is 1. The van der Waals surface area contributed by atoms with Crippen LogP contribution in [0.1, 0.15) is 24.1 Å². The molecule has 5 heteroatoms. The Hall–Kier alpha value is -0.390. The summed E-state index contributed by atoms with van der Waals surface area (Å²) in [5.74, 6) is -0.688. The first-order valence-electron chi connectivity index (χ1n) is 5.37. The third-order valence-corrected chi connectivity index (χ3v) is 4.85. The third-order valence-electron chi connectivity index (χ3n) is 2.94. The van der Waals surface area contributed by atoms with Crippen LogP contribution >= 0.6 is 27.3 Å². The number of halogens is 1. The molecule has 1 aromatic rings.